The van der Waals surface area contributed by atoms with E-state index >= 15 is 0 Å². The molecule has 5 rings (SSSR count). The van der Waals surface area contributed by atoms with E-state index in [4.69, 9.17) is 4.42 Å². The molecule has 1 atom stereocenters. The van der Waals surface area contributed by atoms with Crippen molar-refractivity contribution in [2.24, 2.45) is 5.41 Å². The van der Waals surface area contributed by atoms with E-state index in [-0.39, 0.29) is 47.7 Å². The Hall–Kier alpha value is -3.42. The summed E-state index contributed by atoms with van der Waals surface area (Å²) in [5.74, 6) is -0.616. The van der Waals surface area contributed by atoms with Gasteiger partial charge in [0.1, 0.15) is 0 Å². The topological polar surface area (TPSA) is 99.9 Å². The molecule has 3 aliphatic rings. The number of ketones is 1. The molecule has 1 N–H and O–H groups in total. The lowest BCUT2D eigenvalue weighted by atomic mass is 9.77. The molecule has 8 nitrogen and oxygen atoms in total. The van der Waals surface area contributed by atoms with Gasteiger partial charge in [0.25, 0.3) is 5.91 Å². The van der Waals surface area contributed by atoms with Crippen LogP contribution in [-0.4, -0.2) is 66.0 Å². The fourth-order valence-corrected chi connectivity index (χ4v) is 5.43. The van der Waals surface area contributed by atoms with Crippen LogP contribution in [0.3, 0.4) is 0 Å². The van der Waals surface area contributed by atoms with Gasteiger partial charge in [0.15, 0.2) is 11.5 Å². The third-order valence-corrected chi connectivity index (χ3v) is 7.40. The highest BCUT2D eigenvalue weighted by Gasteiger charge is 2.45. The third-order valence-electron chi connectivity index (χ3n) is 7.40. The number of nitrogens with zero attached hydrogens (tertiary/aromatic N) is 2. The molecule has 2 saturated heterocycles. The molecule has 3 heterocycles. The minimum absolute atomic E-state index is 0.0198. The van der Waals surface area contributed by atoms with E-state index in [0.717, 1.165) is 24.8 Å². The van der Waals surface area contributed by atoms with E-state index in [0.29, 0.717) is 31.7 Å². The van der Waals surface area contributed by atoms with E-state index in [1.54, 1.807) is 23.1 Å². The quantitative estimate of drug-likeness (QED) is 0.772. The smallest absolute Gasteiger partial charge is 0.287 e. The number of likely N-dealkylation sites (tertiary alicyclic amines) is 2. The van der Waals surface area contributed by atoms with Crippen LogP contribution in [0, 0.1) is 5.41 Å². The van der Waals surface area contributed by atoms with Crippen LogP contribution in [0.2, 0.25) is 0 Å². The number of carbonyl (C=O) groups excluding carboxylic acids is 4. The molecule has 172 valence electrons. The van der Waals surface area contributed by atoms with Crippen molar-refractivity contribution in [1.29, 1.82) is 0 Å². The predicted molar refractivity (Wildman–Crippen MR) is 119 cm³/mol. The first kappa shape index (κ1) is 21.4. The van der Waals surface area contributed by atoms with E-state index in [1.165, 1.54) is 6.26 Å². The SMILES string of the molecule is O=C(NCC(=O)N1CCC2(CC1)CCN(C(=O)C1CC(=O)c3ccccc31)C2)c1ccco1. The van der Waals surface area contributed by atoms with Crippen molar-refractivity contribution in [3.05, 3.63) is 59.5 Å². The molecule has 8 heteroatoms. The molecule has 33 heavy (non-hydrogen) atoms. The fourth-order valence-electron chi connectivity index (χ4n) is 5.43. The lowest BCUT2D eigenvalue weighted by Crippen LogP contribution is -2.47. The number of furan rings is 1. The lowest BCUT2D eigenvalue weighted by Gasteiger charge is -2.39. The highest BCUT2D eigenvalue weighted by Crippen LogP contribution is 2.42. The monoisotopic (exact) mass is 449 g/mol. The Morgan fingerprint density at radius 2 is 1.73 bits per heavy atom. The molecule has 0 bridgehead atoms. The molecule has 1 unspecified atom stereocenters. The Morgan fingerprint density at radius 1 is 1.00 bits per heavy atom. The van der Waals surface area contributed by atoms with Crippen LogP contribution in [0.5, 0.6) is 0 Å². The summed E-state index contributed by atoms with van der Waals surface area (Å²) in [6.45, 7) is 2.53. The zero-order valence-corrected chi connectivity index (χ0v) is 18.4. The van der Waals surface area contributed by atoms with Gasteiger partial charge < -0.3 is 19.5 Å². The summed E-state index contributed by atoms with van der Waals surface area (Å²) in [6.07, 6.45) is 4.25. The number of fused-ring (bicyclic) bond motifs is 1. The van der Waals surface area contributed by atoms with Crippen LogP contribution < -0.4 is 5.32 Å². The van der Waals surface area contributed by atoms with Gasteiger partial charge in [-0.05, 0) is 42.4 Å². The number of benzene rings is 1. The van der Waals surface area contributed by atoms with Crippen molar-refractivity contribution in [2.75, 3.05) is 32.7 Å². The Morgan fingerprint density at radius 3 is 2.45 bits per heavy atom. The van der Waals surface area contributed by atoms with Crippen LogP contribution in [0.4, 0.5) is 0 Å². The maximum Gasteiger partial charge on any atom is 0.287 e. The normalized spacial score (nSPS) is 21.3. The summed E-state index contributed by atoms with van der Waals surface area (Å²) in [6, 6.07) is 10.6. The number of hydrogen-bond acceptors (Lipinski definition) is 5. The van der Waals surface area contributed by atoms with Gasteiger partial charge in [-0.2, -0.15) is 0 Å². The largest absolute Gasteiger partial charge is 0.459 e. The van der Waals surface area contributed by atoms with E-state index in [1.807, 2.05) is 23.1 Å². The van der Waals surface area contributed by atoms with Crippen LogP contribution in [0.1, 0.15) is 58.1 Å². The highest BCUT2D eigenvalue weighted by atomic mass is 16.3. The van der Waals surface area contributed by atoms with Crippen LogP contribution in [0.25, 0.3) is 0 Å². The van der Waals surface area contributed by atoms with Gasteiger partial charge in [0, 0.05) is 38.2 Å². The fraction of sp³-hybridized carbons (Fsp3) is 0.440. The van der Waals surface area contributed by atoms with Crippen molar-refractivity contribution in [1.82, 2.24) is 15.1 Å². The van der Waals surface area contributed by atoms with E-state index in [9.17, 15) is 19.2 Å². The molecule has 1 aromatic carbocycles. The molecule has 1 aliphatic carbocycles. The van der Waals surface area contributed by atoms with Gasteiger partial charge in [-0.15, -0.1) is 0 Å². The standard InChI is InChI=1S/C25H27N3O5/c29-20-14-19(17-4-1-2-5-18(17)20)24(32)28-12-9-25(16-28)7-10-27(11-8-25)22(30)15-26-23(31)21-6-3-13-33-21/h1-6,13,19H,7-12,14-16H2,(H,26,31). The van der Waals surface area contributed by atoms with Crippen LogP contribution in [0.15, 0.2) is 47.1 Å². The molecule has 2 aliphatic heterocycles. The molecule has 2 fully saturated rings. The lowest BCUT2D eigenvalue weighted by molar-refractivity contribution is -0.134. The first-order valence-electron chi connectivity index (χ1n) is 11.5. The van der Waals surface area contributed by atoms with Gasteiger partial charge in [0.2, 0.25) is 11.8 Å². The average molecular weight is 450 g/mol. The Balaban J connectivity index is 1.14. The molecule has 0 saturated carbocycles. The molecule has 2 aromatic rings. The summed E-state index contributed by atoms with van der Waals surface area (Å²) in [5.41, 5.74) is 1.55. The third kappa shape index (κ3) is 4.05. The van der Waals surface area contributed by atoms with Crippen molar-refractivity contribution in [2.45, 2.75) is 31.6 Å². The molecule has 1 aromatic heterocycles. The van der Waals surface area contributed by atoms with Gasteiger partial charge in [-0.1, -0.05) is 24.3 Å². The van der Waals surface area contributed by atoms with Crippen molar-refractivity contribution in [3.63, 3.8) is 0 Å². The Bertz CT molecular complexity index is 1090. The summed E-state index contributed by atoms with van der Waals surface area (Å²) in [5, 5.41) is 2.60. The van der Waals surface area contributed by atoms with Crippen molar-refractivity contribution >= 4 is 23.5 Å². The van der Waals surface area contributed by atoms with E-state index in [2.05, 4.69) is 5.32 Å². The Labute approximate surface area is 191 Å². The second kappa shape index (κ2) is 8.50. The minimum Gasteiger partial charge on any atom is -0.459 e. The zero-order chi connectivity index (χ0) is 23.0. The van der Waals surface area contributed by atoms with Gasteiger partial charge in [-0.25, -0.2) is 0 Å². The van der Waals surface area contributed by atoms with Gasteiger partial charge >= 0.3 is 0 Å². The van der Waals surface area contributed by atoms with Crippen LogP contribution in [-0.2, 0) is 9.59 Å². The zero-order valence-electron chi connectivity index (χ0n) is 18.4. The van der Waals surface area contributed by atoms with Crippen molar-refractivity contribution in [3.8, 4) is 0 Å². The van der Waals surface area contributed by atoms with Crippen molar-refractivity contribution < 1.29 is 23.6 Å². The molecule has 3 amide bonds. The van der Waals surface area contributed by atoms with Gasteiger partial charge in [-0.3, -0.25) is 19.2 Å². The van der Waals surface area contributed by atoms with Crippen LogP contribution >= 0.6 is 0 Å². The highest BCUT2D eigenvalue weighted by molar-refractivity contribution is 6.06. The number of hydrogen-bond donors (Lipinski definition) is 1. The number of amides is 3. The first-order valence-corrected chi connectivity index (χ1v) is 11.5. The number of nitrogens with one attached hydrogen (secondary N) is 1. The average Bonchev–Trinajstić information content (AvgIpc) is 3.58. The molecular weight excluding hydrogens is 422 g/mol. The molecule has 1 spiro atoms. The molecule has 0 radical (unpaired) electrons. The maximum atomic E-state index is 13.3. The predicted octanol–water partition coefficient (Wildman–Crippen LogP) is 2.22. The second-order valence-electron chi connectivity index (χ2n) is 9.32. The Kier molecular flexibility index (Phi) is 5.52. The molecular formula is C25H27N3O5. The van der Waals surface area contributed by atoms with E-state index < -0.39 is 5.91 Å². The van der Waals surface area contributed by atoms with Gasteiger partial charge in [0.05, 0.1) is 18.7 Å². The summed E-state index contributed by atoms with van der Waals surface area (Å²) < 4.78 is 5.04. The summed E-state index contributed by atoms with van der Waals surface area (Å²) >= 11 is 0. The number of carbonyl (C=O) groups is 4. The number of piperidine rings is 1. The summed E-state index contributed by atoms with van der Waals surface area (Å²) in [7, 11) is 0. The number of Topliss-reactive ketones (excluding diaryl/α,β-unsaturated/α-hetero) is 1. The summed E-state index contributed by atoms with van der Waals surface area (Å²) in [4.78, 5) is 53.8. The maximum absolute atomic E-state index is 13.3. The first-order chi connectivity index (χ1) is 16.0. The second-order valence-corrected chi connectivity index (χ2v) is 9.32. The minimum atomic E-state index is -0.404. The number of rotatable bonds is 4.